The van der Waals surface area contributed by atoms with Crippen molar-refractivity contribution in [1.82, 2.24) is 0 Å². The van der Waals surface area contributed by atoms with Crippen LogP contribution in [0.5, 0.6) is 0 Å². The van der Waals surface area contributed by atoms with E-state index in [-0.39, 0.29) is 0 Å². The molecule has 0 unspecified atom stereocenters. The van der Waals surface area contributed by atoms with E-state index in [1.807, 2.05) is 0 Å². The van der Waals surface area contributed by atoms with Gasteiger partial charge in [-0.1, -0.05) is 20.3 Å². The molecule has 10 heavy (non-hydrogen) atoms. The highest BCUT2D eigenvalue weighted by Gasteiger charge is 2.22. The SMILES string of the molecule is CC[C@@H](C)COC[C@@H]1CO1. The number of hydrogen-bond donors (Lipinski definition) is 0. The summed E-state index contributed by atoms with van der Waals surface area (Å²) in [5, 5.41) is 0. The van der Waals surface area contributed by atoms with Crippen LogP contribution in [-0.2, 0) is 9.47 Å². The first kappa shape index (κ1) is 8.02. The molecule has 2 atom stereocenters. The molecule has 0 amide bonds. The minimum Gasteiger partial charge on any atom is -0.378 e. The summed E-state index contributed by atoms with van der Waals surface area (Å²) in [5.41, 5.74) is 0. The predicted molar refractivity (Wildman–Crippen MR) is 40.0 cm³/mol. The first-order chi connectivity index (χ1) is 4.83. The van der Waals surface area contributed by atoms with E-state index in [0.29, 0.717) is 12.0 Å². The summed E-state index contributed by atoms with van der Waals surface area (Å²) < 4.78 is 10.4. The molecule has 0 radical (unpaired) electrons. The molecule has 1 aliphatic rings. The summed E-state index contributed by atoms with van der Waals surface area (Å²) in [6.07, 6.45) is 1.62. The lowest BCUT2D eigenvalue weighted by atomic mass is 10.1. The van der Waals surface area contributed by atoms with E-state index >= 15 is 0 Å². The Morgan fingerprint density at radius 2 is 2.40 bits per heavy atom. The van der Waals surface area contributed by atoms with Crippen molar-refractivity contribution in [1.29, 1.82) is 0 Å². The average Bonchev–Trinajstić information content (AvgIpc) is 2.71. The minimum absolute atomic E-state index is 0.420. The Morgan fingerprint density at radius 1 is 1.70 bits per heavy atom. The molecule has 1 heterocycles. The Balaban J connectivity index is 1.83. The van der Waals surface area contributed by atoms with Crippen molar-refractivity contribution in [3.8, 4) is 0 Å². The van der Waals surface area contributed by atoms with Crippen LogP contribution >= 0.6 is 0 Å². The molecule has 2 nitrogen and oxygen atoms in total. The molecule has 0 bridgehead atoms. The van der Waals surface area contributed by atoms with Crippen LogP contribution in [0.2, 0.25) is 0 Å². The fraction of sp³-hybridized carbons (Fsp3) is 1.00. The van der Waals surface area contributed by atoms with Crippen LogP contribution < -0.4 is 0 Å². The zero-order chi connectivity index (χ0) is 7.40. The van der Waals surface area contributed by atoms with Gasteiger partial charge < -0.3 is 9.47 Å². The van der Waals surface area contributed by atoms with Crippen LogP contribution in [0.1, 0.15) is 20.3 Å². The van der Waals surface area contributed by atoms with Gasteiger partial charge in [0, 0.05) is 6.61 Å². The second-order valence-electron chi connectivity index (χ2n) is 3.01. The van der Waals surface area contributed by atoms with Crippen molar-refractivity contribution in [2.45, 2.75) is 26.4 Å². The molecular formula is C8H16O2. The summed E-state index contributed by atoms with van der Waals surface area (Å²) in [7, 11) is 0. The quantitative estimate of drug-likeness (QED) is 0.545. The maximum Gasteiger partial charge on any atom is 0.104 e. The molecule has 1 aliphatic heterocycles. The molecule has 0 aliphatic carbocycles. The van der Waals surface area contributed by atoms with Gasteiger partial charge in [-0.3, -0.25) is 0 Å². The predicted octanol–water partition coefficient (Wildman–Crippen LogP) is 1.45. The van der Waals surface area contributed by atoms with Crippen LogP contribution in [0.15, 0.2) is 0 Å². The Hall–Kier alpha value is -0.0800. The largest absolute Gasteiger partial charge is 0.378 e. The molecule has 0 N–H and O–H groups in total. The fourth-order valence-electron chi connectivity index (χ4n) is 0.683. The highest BCUT2D eigenvalue weighted by molar-refractivity contribution is 4.67. The van der Waals surface area contributed by atoms with Gasteiger partial charge in [-0.25, -0.2) is 0 Å². The molecular weight excluding hydrogens is 128 g/mol. The normalized spacial score (nSPS) is 26.4. The third kappa shape index (κ3) is 3.18. The van der Waals surface area contributed by atoms with Crippen molar-refractivity contribution in [3.05, 3.63) is 0 Å². The smallest absolute Gasteiger partial charge is 0.104 e. The molecule has 1 saturated heterocycles. The summed E-state index contributed by atoms with van der Waals surface area (Å²) in [5.74, 6) is 0.693. The van der Waals surface area contributed by atoms with Gasteiger partial charge in [-0.05, 0) is 5.92 Å². The monoisotopic (exact) mass is 144 g/mol. The lowest BCUT2D eigenvalue weighted by Gasteiger charge is -2.07. The zero-order valence-electron chi connectivity index (χ0n) is 6.80. The first-order valence-electron chi connectivity index (χ1n) is 4.02. The van der Waals surface area contributed by atoms with Crippen LogP contribution in [0, 0.1) is 5.92 Å². The standard InChI is InChI=1S/C8H16O2/c1-3-7(2)4-9-5-8-6-10-8/h7-8H,3-6H2,1-2H3/t7-,8-/m1/s1. The molecule has 0 aromatic carbocycles. The van der Waals surface area contributed by atoms with E-state index in [9.17, 15) is 0 Å². The van der Waals surface area contributed by atoms with Crippen LogP contribution in [0.4, 0.5) is 0 Å². The maximum atomic E-state index is 5.39. The van der Waals surface area contributed by atoms with Gasteiger partial charge in [0.2, 0.25) is 0 Å². The minimum atomic E-state index is 0.420. The molecule has 0 aromatic heterocycles. The summed E-state index contributed by atoms with van der Waals surface area (Å²) >= 11 is 0. The third-order valence-electron chi connectivity index (χ3n) is 1.81. The molecule has 1 fully saturated rings. The molecule has 0 saturated carbocycles. The average molecular weight is 144 g/mol. The second-order valence-corrected chi connectivity index (χ2v) is 3.01. The van der Waals surface area contributed by atoms with Gasteiger partial charge in [0.25, 0.3) is 0 Å². The number of ether oxygens (including phenoxy) is 2. The number of rotatable bonds is 5. The second kappa shape index (κ2) is 3.94. The zero-order valence-corrected chi connectivity index (χ0v) is 6.80. The highest BCUT2D eigenvalue weighted by Crippen LogP contribution is 2.09. The summed E-state index contributed by atoms with van der Waals surface area (Å²) in [6, 6.07) is 0. The third-order valence-corrected chi connectivity index (χ3v) is 1.81. The van der Waals surface area contributed by atoms with Gasteiger partial charge in [-0.2, -0.15) is 0 Å². The van der Waals surface area contributed by atoms with E-state index in [0.717, 1.165) is 19.8 Å². The summed E-state index contributed by atoms with van der Waals surface area (Å²) in [4.78, 5) is 0. The fourth-order valence-corrected chi connectivity index (χ4v) is 0.683. The van der Waals surface area contributed by atoms with Crippen LogP contribution in [-0.4, -0.2) is 25.9 Å². The lowest BCUT2D eigenvalue weighted by Crippen LogP contribution is -2.08. The van der Waals surface area contributed by atoms with E-state index in [2.05, 4.69) is 13.8 Å². The Bertz CT molecular complexity index is 89.3. The van der Waals surface area contributed by atoms with Crippen molar-refractivity contribution in [2.75, 3.05) is 19.8 Å². The lowest BCUT2D eigenvalue weighted by molar-refractivity contribution is 0.0897. The van der Waals surface area contributed by atoms with Crippen molar-refractivity contribution >= 4 is 0 Å². The number of epoxide rings is 1. The molecule has 0 aromatic rings. The van der Waals surface area contributed by atoms with E-state index in [4.69, 9.17) is 9.47 Å². The maximum absolute atomic E-state index is 5.39. The highest BCUT2D eigenvalue weighted by atomic mass is 16.6. The molecule has 2 heteroatoms. The molecule has 1 rings (SSSR count). The van der Waals surface area contributed by atoms with Gasteiger partial charge in [0.15, 0.2) is 0 Å². The van der Waals surface area contributed by atoms with E-state index < -0.39 is 0 Å². The Kier molecular flexibility index (Phi) is 3.16. The van der Waals surface area contributed by atoms with Gasteiger partial charge >= 0.3 is 0 Å². The van der Waals surface area contributed by atoms with Gasteiger partial charge in [0.1, 0.15) is 6.10 Å². The topological polar surface area (TPSA) is 21.8 Å². The van der Waals surface area contributed by atoms with Crippen molar-refractivity contribution in [3.63, 3.8) is 0 Å². The Labute approximate surface area is 62.5 Å². The van der Waals surface area contributed by atoms with E-state index in [1.165, 1.54) is 6.42 Å². The van der Waals surface area contributed by atoms with Crippen molar-refractivity contribution < 1.29 is 9.47 Å². The van der Waals surface area contributed by atoms with Gasteiger partial charge in [0.05, 0.1) is 13.2 Å². The number of hydrogen-bond acceptors (Lipinski definition) is 2. The van der Waals surface area contributed by atoms with E-state index in [1.54, 1.807) is 0 Å². The molecule has 60 valence electrons. The van der Waals surface area contributed by atoms with Crippen LogP contribution in [0.3, 0.4) is 0 Å². The van der Waals surface area contributed by atoms with Crippen molar-refractivity contribution in [2.24, 2.45) is 5.92 Å². The Morgan fingerprint density at radius 3 is 2.90 bits per heavy atom. The summed E-state index contributed by atoms with van der Waals surface area (Å²) in [6.45, 7) is 6.97. The van der Waals surface area contributed by atoms with Crippen LogP contribution in [0.25, 0.3) is 0 Å². The van der Waals surface area contributed by atoms with Gasteiger partial charge in [-0.15, -0.1) is 0 Å². The molecule has 0 spiro atoms. The first-order valence-corrected chi connectivity index (χ1v) is 4.02.